The van der Waals surface area contributed by atoms with E-state index in [2.05, 4.69) is 9.80 Å². The van der Waals surface area contributed by atoms with Crippen molar-refractivity contribution < 1.29 is 9.18 Å². The lowest BCUT2D eigenvalue weighted by Gasteiger charge is -2.20. The number of Topliss-reactive ketones (excluding diaryl/α,β-unsaturated/α-hetero) is 1. The molecule has 0 saturated carbocycles. The monoisotopic (exact) mass is 278 g/mol. The quantitative estimate of drug-likeness (QED) is 0.762. The number of carbonyl (C=O) groups excluding carboxylic acids is 1. The molecule has 0 aromatic heterocycles. The molecule has 110 valence electrons. The third kappa shape index (κ3) is 5.02. The Morgan fingerprint density at radius 3 is 2.55 bits per heavy atom. The molecule has 0 spiro atoms. The van der Waals surface area contributed by atoms with Gasteiger partial charge in [-0.25, -0.2) is 4.39 Å². The van der Waals surface area contributed by atoms with Gasteiger partial charge in [-0.05, 0) is 50.7 Å². The number of ketones is 1. The summed E-state index contributed by atoms with van der Waals surface area (Å²) in [4.78, 5) is 16.5. The standard InChI is InChI=1S/C16H23FN2O/c1-18(10-11-19-8-2-3-9-19)13-16(20)12-14-4-6-15(17)7-5-14/h4-7H,2-3,8-13H2,1H3. The van der Waals surface area contributed by atoms with Crippen molar-refractivity contribution in [3.05, 3.63) is 35.6 Å². The fourth-order valence-electron chi connectivity index (χ4n) is 2.58. The lowest BCUT2D eigenvalue weighted by molar-refractivity contribution is -0.119. The average Bonchev–Trinajstić information content (AvgIpc) is 2.92. The van der Waals surface area contributed by atoms with Gasteiger partial charge in [0.1, 0.15) is 5.82 Å². The summed E-state index contributed by atoms with van der Waals surface area (Å²) in [6, 6.07) is 6.16. The van der Waals surface area contributed by atoms with E-state index in [1.54, 1.807) is 12.1 Å². The van der Waals surface area contributed by atoms with Crippen molar-refractivity contribution >= 4 is 5.78 Å². The lowest BCUT2D eigenvalue weighted by Crippen LogP contribution is -2.34. The zero-order valence-electron chi connectivity index (χ0n) is 12.1. The highest BCUT2D eigenvalue weighted by Crippen LogP contribution is 2.07. The Bertz CT molecular complexity index is 427. The number of hydrogen-bond acceptors (Lipinski definition) is 3. The van der Waals surface area contributed by atoms with E-state index in [0.29, 0.717) is 13.0 Å². The van der Waals surface area contributed by atoms with Crippen LogP contribution in [0.2, 0.25) is 0 Å². The zero-order valence-corrected chi connectivity index (χ0v) is 12.1. The molecule has 0 unspecified atom stereocenters. The summed E-state index contributed by atoms with van der Waals surface area (Å²) in [5.41, 5.74) is 0.879. The molecule has 0 amide bonds. The number of rotatable bonds is 7. The van der Waals surface area contributed by atoms with Crippen LogP contribution >= 0.6 is 0 Å². The highest BCUT2D eigenvalue weighted by atomic mass is 19.1. The number of nitrogens with zero attached hydrogens (tertiary/aromatic N) is 2. The Morgan fingerprint density at radius 2 is 1.90 bits per heavy atom. The molecule has 0 bridgehead atoms. The first-order chi connectivity index (χ1) is 9.63. The number of likely N-dealkylation sites (tertiary alicyclic amines) is 1. The van der Waals surface area contributed by atoms with Crippen LogP contribution in [0.4, 0.5) is 4.39 Å². The molecule has 1 heterocycles. The Hall–Kier alpha value is -1.26. The second-order valence-corrected chi connectivity index (χ2v) is 5.63. The minimum absolute atomic E-state index is 0.181. The number of carbonyl (C=O) groups is 1. The summed E-state index contributed by atoms with van der Waals surface area (Å²) in [6.07, 6.45) is 2.98. The number of hydrogen-bond donors (Lipinski definition) is 0. The first kappa shape index (κ1) is 15.1. The molecule has 0 aliphatic carbocycles. The maximum absolute atomic E-state index is 12.8. The largest absolute Gasteiger partial charge is 0.302 e. The summed E-state index contributed by atoms with van der Waals surface area (Å²) < 4.78 is 12.8. The van der Waals surface area contributed by atoms with Gasteiger partial charge in [0.15, 0.2) is 5.78 Å². The van der Waals surface area contributed by atoms with E-state index in [4.69, 9.17) is 0 Å². The van der Waals surface area contributed by atoms with Crippen LogP contribution in [0.1, 0.15) is 18.4 Å². The summed E-state index contributed by atoms with van der Waals surface area (Å²) in [5.74, 6) is -0.0792. The SMILES string of the molecule is CN(CCN1CCCC1)CC(=O)Cc1ccc(F)cc1. The van der Waals surface area contributed by atoms with Gasteiger partial charge in [-0.3, -0.25) is 9.69 Å². The van der Waals surface area contributed by atoms with Gasteiger partial charge in [-0.2, -0.15) is 0 Å². The maximum Gasteiger partial charge on any atom is 0.151 e. The van der Waals surface area contributed by atoms with E-state index in [9.17, 15) is 9.18 Å². The molecule has 3 nitrogen and oxygen atoms in total. The fourth-order valence-corrected chi connectivity index (χ4v) is 2.58. The van der Waals surface area contributed by atoms with Gasteiger partial charge in [0.25, 0.3) is 0 Å². The van der Waals surface area contributed by atoms with Crippen molar-refractivity contribution in [2.45, 2.75) is 19.3 Å². The molecule has 20 heavy (non-hydrogen) atoms. The third-order valence-electron chi connectivity index (χ3n) is 3.76. The molecule has 2 rings (SSSR count). The Morgan fingerprint density at radius 1 is 1.25 bits per heavy atom. The van der Waals surface area contributed by atoms with Gasteiger partial charge in [-0.15, -0.1) is 0 Å². The van der Waals surface area contributed by atoms with Crippen LogP contribution in [0.5, 0.6) is 0 Å². The molecule has 1 saturated heterocycles. The third-order valence-corrected chi connectivity index (χ3v) is 3.76. The van der Waals surface area contributed by atoms with Crippen LogP contribution in [-0.4, -0.2) is 55.4 Å². The molecular weight excluding hydrogens is 255 g/mol. The van der Waals surface area contributed by atoms with Crippen molar-refractivity contribution in [3.8, 4) is 0 Å². The number of halogens is 1. The van der Waals surface area contributed by atoms with Crippen LogP contribution in [-0.2, 0) is 11.2 Å². The first-order valence-corrected chi connectivity index (χ1v) is 7.30. The van der Waals surface area contributed by atoms with Crippen LogP contribution in [0, 0.1) is 5.82 Å². The van der Waals surface area contributed by atoms with Gasteiger partial charge < -0.3 is 4.90 Å². The topological polar surface area (TPSA) is 23.6 Å². The molecule has 1 aliphatic heterocycles. The normalized spacial score (nSPS) is 15.9. The Labute approximate surface area is 120 Å². The summed E-state index contributed by atoms with van der Waals surface area (Å²) in [5, 5.41) is 0. The minimum atomic E-state index is -0.260. The fraction of sp³-hybridized carbons (Fsp3) is 0.562. The summed E-state index contributed by atoms with van der Waals surface area (Å²) in [7, 11) is 1.98. The van der Waals surface area contributed by atoms with Gasteiger partial charge in [0.2, 0.25) is 0 Å². The van der Waals surface area contributed by atoms with Crippen molar-refractivity contribution in [1.29, 1.82) is 0 Å². The molecule has 0 radical (unpaired) electrons. The predicted octanol–water partition coefficient (Wildman–Crippen LogP) is 1.96. The van der Waals surface area contributed by atoms with E-state index < -0.39 is 0 Å². The van der Waals surface area contributed by atoms with E-state index in [0.717, 1.165) is 18.7 Å². The second-order valence-electron chi connectivity index (χ2n) is 5.63. The van der Waals surface area contributed by atoms with Crippen LogP contribution < -0.4 is 0 Å². The summed E-state index contributed by atoms with van der Waals surface area (Å²) in [6.45, 7) is 4.81. The maximum atomic E-state index is 12.8. The molecule has 0 N–H and O–H groups in total. The number of benzene rings is 1. The molecule has 1 fully saturated rings. The number of likely N-dealkylation sites (N-methyl/N-ethyl adjacent to an activating group) is 1. The molecular formula is C16H23FN2O. The van der Waals surface area contributed by atoms with E-state index >= 15 is 0 Å². The molecule has 0 atom stereocenters. The lowest BCUT2D eigenvalue weighted by atomic mass is 10.1. The van der Waals surface area contributed by atoms with Crippen LogP contribution in [0.3, 0.4) is 0 Å². The average molecular weight is 278 g/mol. The van der Waals surface area contributed by atoms with Crippen molar-refractivity contribution in [2.24, 2.45) is 0 Å². The van der Waals surface area contributed by atoms with Crippen LogP contribution in [0.25, 0.3) is 0 Å². The van der Waals surface area contributed by atoms with Crippen molar-refractivity contribution in [3.63, 3.8) is 0 Å². The van der Waals surface area contributed by atoms with E-state index in [1.165, 1.54) is 38.1 Å². The van der Waals surface area contributed by atoms with E-state index in [-0.39, 0.29) is 11.6 Å². The highest BCUT2D eigenvalue weighted by molar-refractivity contribution is 5.82. The summed E-state index contributed by atoms with van der Waals surface area (Å²) >= 11 is 0. The smallest absolute Gasteiger partial charge is 0.151 e. The van der Waals surface area contributed by atoms with Crippen LogP contribution in [0.15, 0.2) is 24.3 Å². The zero-order chi connectivity index (χ0) is 14.4. The Balaban J connectivity index is 1.68. The van der Waals surface area contributed by atoms with Gasteiger partial charge in [0.05, 0.1) is 6.54 Å². The molecule has 4 heteroatoms. The predicted molar refractivity (Wildman–Crippen MR) is 78.3 cm³/mol. The second kappa shape index (κ2) is 7.50. The van der Waals surface area contributed by atoms with Gasteiger partial charge in [0, 0.05) is 19.5 Å². The molecule has 1 aromatic carbocycles. The molecule has 1 aliphatic rings. The van der Waals surface area contributed by atoms with Gasteiger partial charge in [-0.1, -0.05) is 12.1 Å². The highest BCUT2D eigenvalue weighted by Gasteiger charge is 2.13. The van der Waals surface area contributed by atoms with Crippen molar-refractivity contribution in [2.75, 3.05) is 39.8 Å². The molecule has 1 aromatic rings. The van der Waals surface area contributed by atoms with Gasteiger partial charge >= 0.3 is 0 Å². The Kier molecular flexibility index (Phi) is 5.68. The van der Waals surface area contributed by atoms with Crippen molar-refractivity contribution in [1.82, 2.24) is 9.80 Å². The van der Waals surface area contributed by atoms with E-state index in [1.807, 2.05) is 7.05 Å². The first-order valence-electron chi connectivity index (χ1n) is 7.30. The minimum Gasteiger partial charge on any atom is -0.302 e.